The fraction of sp³-hybridized carbons (Fsp3) is 0.0714. The van der Waals surface area contributed by atoms with Crippen LogP contribution in [-0.2, 0) is 6.18 Å². The predicted molar refractivity (Wildman–Crippen MR) is 73.5 cm³/mol. The first-order valence-corrected chi connectivity index (χ1v) is 6.51. The lowest BCUT2D eigenvalue weighted by atomic mass is 10.1. The Morgan fingerprint density at radius 3 is 2.24 bits per heavy atom. The van der Waals surface area contributed by atoms with E-state index in [-0.39, 0.29) is 5.69 Å². The number of hydrogen-bond acceptors (Lipinski definition) is 1. The lowest BCUT2D eigenvalue weighted by molar-refractivity contribution is -0.138. The third-order valence-electron chi connectivity index (χ3n) is 2.65. The van der Waals surface area contributed by atoms with Crippen molar-refractivity contribution in [3.63, 3.8) is 0 Å². The molecule has 0 radical (unpaired) electrons. The van der Waals surface area contributed by atoms with Gasteiger partial charge in [-0.3, -0.25) is 4.79 Å². The molecule has 1 N–H and O–H groups in total. The highest BCUT2D eigenvalue weighted by Gasteiger charge is 2.36. The molecule has 0 bridgehead atoms. The third kappa shape index (κ3) is 3.60. The standard InChI is InChI=1S/C14H8BrF4NO/c15-8-4-6-9(7-5-8)20-13(21)12-10(14(17,18)19)2-1-3-11(12)16/h1-7H,(H,20,21). The van der Waals surface area contributed by atoms with Crippen LogP contribution in [0, 0.1) is 5.82 Å². The summed E-state index contributed by atoms with van der Waals surface area (Å²) in [5.41, 5.74) is -2.07. The molecule has 0 aromatic heterocycles. The van der Waals surface area contributed by atoms with E-state index >= 15 is 0 Å². The van der Waals surface area contributed by atoms with Crippen LogP contribution in [0.4, 0.5) is 23.2 Å². The quantitative estimate of drug-likeness (QED) is 0.760. The van der Waals surface area contributed by atoms with Gasteiger partial charge in [-0.15, -0.1) is 0 Å². The Bertz CT molecular complexity index is 668. The molecule has 2 aromatic rings. The fourth-order valence-corrected chi connectivity index (χ4v) is 1.98. The molecule has 0 spiro atoms. The molecule has 0 unspecified atom stereocenters. The van der Waals surface area contributed by atoms with Crippen molar-refractivity contribution >= 4 is 27.5 Å². The minimum atomic E-state index is -4.81. The Balaban J connectivity index is 2.37. The number of carbonyl (C=O) groups is 1. The second kappa shape index (κ2) is 5.85. The van der Waals surface area contributed by atoms with Crippen molar-refractivity contribution in [2.45, 2.75) is 6.18 Å². The first kappa shape index (κ1) is 15.5. The minimum Gasteiger partial charge on any atom is -0.322 e. The van der Waals surface area contributed by atoms with Crippen LogP contribution in [0.1, 0.15) is 15.9 Å². The molecule has 110 valence electrons. The summed E-state index contributed by atoms with van der Waals surface area (Å²) in [7, 11) is 0. The zero-order valence-corrected chi connectivity index (χ0v) is 11.9. The normalized spacial score (nSPS) is 11.3. The monoisotopic (exact) mass is 361 g/mol. The van der Waals surface area contributed by atoms with Crippen LogP contribution in [0.2, 0.25) is 0 Å². The van der Waals surface area contributed by atoms with Crippen molar-refractivity contribution in [3.05, 3.63) is 63.9 Å². The first-order chi connectivity index (χ1) is 9.79. The Morgan fingerprint density at radius 1 is 1.05 bits per heavy atom. The average Bonchev–Trinajstić information content (AvgIpc) is 2.40. The van der Waals surface area contributed by atoms with Gasteiger partial charge in [0.15, 0.2) is 0 Å². The van der Waals surface area contributed by atoms with Gasteiger partial charge in [0, 0.05) is 10.2 Å². The van der Waals surface area contributed by atoms with E-state index in [4.69, 9.17) is 0 Å². The third-order valence-corrected chi connectivity index (χ3v) is 3.18. The molecule has 0 fully saturated rings. The van der Waals surface area contributed by atoms with Gasteiger partial charge in [0.1, 0.15) is 5.82 Å². The maximum Gasteiger partial charge on any atom is 0.417 e. The zero-order valence-electron chi connectivity index (χ0n) is 10.3. The van der Waals surface area contributed by atoms with E-state index < -0.39 is 29.0 Å². The Kier molecular flexibility index (Phi) is 4.32. The maximum absolute atomic E-state index is 13.6. The van der Waals surface area contributed by atoms with Gasteiger partial charge in [-0.2, -0.15) is 13.2 Å². The number of amides is 1. The SMILES string of the molecule is O=C(Nc1ccc(Br)cc1)c1c(F)cccc1C(F)(F)F. The van der Waals surface area contributed by atoms with Crippen LogP contribution in [-0.4, -0.2) is 5.91 Å². The zero-order chi connectivity index (χ0) is 15.6. The molecule has 0 aliphatic rings. The summed E-state index contributed by atoms with van der Waals surface area (Å²) < 4.78 is 52.9. The van der Waals surface area contributed by atoms with Gasteiger partial charge < -0.3 is 5.32 Å². The molecule has 0 aliphatic heterocycles. The molecule has 2 rings (SSSR count). The molecule has 2 aromatic carbocycles. The first-order valence-electron chi connectivity index (χ1n) is 5.71. The number of benzene rings is 2. The van der Waals surface area contributed by atoms with Crippen molar-refractivity contribution in [3.8, 4) is 0 Å². The van der Waals surface area contributed by atoms with Crippen LogP contribution < -0.4 is 5.32 Å². The van der Waals surface area contributed by atoms with Gasteiger partial charge in [-0.1, -0.05) is 22.0 Å². The Labute approximate surface area is 125 Å². The Hall–Kier alpha value is -1.89. The highest BCUT2D eigenvalue weighted by Crippen LogP contribution is 2.33. The predicted octanol–water partition coefficient (Wildman–Crippen LogP) is 4.86. The number of hydrogen-bond donors (Lipinski definition) is 1. The summed E-state index contributed by atoms with van der Waals surface area (Å²) in [5, 5.41) is 2.24. The topological polar surface area (TPSA) is 29.1 Å². The van der Waals surface area contributed by atoms with E-state index in [1.165, 1.54) is 12.1 Å². The van der Waals surface area contributed by atoms with Gasteiger partial charge in [0.25, 0.3) is 5.91 Å². The van der Waals surface area contributed by atoms with Crippen molar-refractivity contribution in [2.24, 2.45) is 0 Å². The van der Waals surface area contributed by atoms with Crippen LogP contribution >= 0.6 is 15.9 Å². The summed E-state index contributed by atoms with van der Waals surface area (Å²) in [4.78, 5) is 11.9. The van der Waals surface area contributed by atoms with Crippen molar-refractivity contribution in [1.29, 1.82) is 0 Å². The van der Waals surface area contributed by atoms with E-state index in [2.05, 4.69) is 21.2 Å². The van der Waals surface area contributed by atoms with Gasteiger partial charge in [-0.05, 0) is 36.4 Å². The molecule has 0 atom stereocenters. The van der Waals surface area contributed by atoms with Crippen LogP contribution in [0.5, 0.6) is 0 Å². The molecular formula is C14H8BrF4NO. The van der Waals surface area contributed by atoms with Crippen molar-refractivity contribution < 1.29 is 22.4 Å². The van der Waals surface area contributed by atoms with Gasteiger partial charge in [0.05, 0.1) is 11.1 Å². The number of nitrogens with one attached hydrogen (secondary N) is 1. The molecule has 7 heteroatoms. The lowest BCUT2D eigenvalue weighted by Crippen LogP contribution is -2.20. The summed E-state index contributed by atoms with van der Waals surface area (Å²) in [6, 6.07) is 8.55. The minimum absolute atomic E-state index is 0.263. The van der Waals surface area contributed by atoms with E-state index in [0.29, 0.717) is 6.07 Å². The van der Waals surface area contributed by atoms with E-state index in [1.807, 2.05) is 0 Å². The van der Waals surface area contributed by atoms with Crippen molar-refractivity contribution in [1.82, 2.24) is 0 Å². The molecule has 0 saturated carbocycles. The molecule has 21 heavy (non-hydrogen) atoms. The molecule has 0 heterocycles. The Morgan fingerprint density at radius 2 is 1.67 bits per heavy atom. The molecule has 2 nitrogen and oxygen atoms in total. The van der Waals surface area contributed by atoms with E-state index in [1.54, 1.807) is 12.1 Å². The highest BCUT2D eigenvalue weighted by atomic mass is 79.9. The highest BCUT2D eigenvalue weighted by molar-refractivity contribution is 9.10. The average molecular weight is 362 g/mol. The van der Waals surface area contributed by atoms with Crippen LogP contribution in [0.3, 0.4) is 0 Å². The molecular weight excluding hydrogens is 354 g/mol. The van der Waals surface area contributed by atoms with E-state index in [0.717, 1.165) is 16.6 Å². The molecule has 1 amide bonds. The smallest absolute Gasteiger partial charge is 0.322 e. The second-order valence-electron chi connectivity index (χ2n) is 4.12. The fourth-order valence-electron chi connectivity index (χ4n) is 1.72. The van der Waals surface area contributed by atoms with Gasteiger partial charge >= 0.3 is 6.18 Å². The maximum atomic E-state index is 13.6. The van der Waals surface area contributed by atoms with E-state index in [9.17, 15) is 22.4 Å². The summed E-state index contributed by atoms with van der Waals surface area (Å²) >= 11 is 3.18. The lowest BCUT2D eigenvalue weighted by Gasteiger charge is -2.13. The van der Waals surface area contributed by atoms with Crippen LogP contribution in [0.15, 0.2) is 46.9 Å². The second-order valence-corrected chi connectivity index (χ2v) is 5.04. The summed E-state index contributed by atoms with van der Waals surface area (Å²) in [6.07, 6.45) is -4.81. The largest absolute Gasteiger partial charge is 0.417 e. The van der Waals surface area contributed by atoms with Crippen molar-refractivity contribution in [2.75, 3.05) is 5.32 Å². The number of rotatable bonds is 2. The van der Waals surface area contributed by atoms with Gasteiger partial charge in [0.2, 0.25) is 0 Å². The molecule has 0 saturated heterocycles. The number of halogens is 5. The summed E-state index contributed by atoms with van der Waals surface area (Å²) in [5.74, 6) is -2.37. The van der Waals surface area contributed by atoms with Crippen LogP contribution in [0.25, 0.3) is 0 Å². The summed E-state index contributed by atoms with van der Waals surface area (Å²) in [6.45, 7) is 0. The molecule has 0 aliphatic carbocycles. The number of anilines is 1. The number of alkyl halides is 3. The number of carbonyl (C=O) groups excluding carboxylic acids is 1. The van der Waals surface area contributed by atoms with Gasteiger partial charge in [-0.25, -0.2) is 4.39 Å².